The normalized spacial score (nSPS) is 22.8. The molecule has 4 rings (SSSR count). The van der Waals surface area contributed by atoms with Gasteiger partial charge in [0.1, 0.15) is 11.8 Å². The molecule has 0 saturated heterocycles. The third kappa shape index (κ3) is 2.49. The lowest BCUT2D eigenvalue weighted by molar-refractivity contribution is 0.0447. The van der Waals surface area contributed by atoms with Gasteiger partial charge in [0.2, 0.25) is 0 Å². The zero-order chi connectivity index (χ0) is 18.4. The Labute approximate surface area is 149 Å². The molecule has 10 heteroatoms. The number of likely N-dealkylation sites (N-methyl/N-ethyl adjacent to an activating group) is 1. The van der Waals surface area contributed by atoms with Gasteiger partial charge >= 0.3 is 0 Å². The first-order chi connectivity index (χ1) is 12.5. The van der Waals surface area contributed by atoms with Gasteiger partial charge in [0.25, 0.3) is 5.91 Å². The summed E-state index contributed by atoms with van der Waals surface area (Å²) in [5.74, 6) is 0.145. The predicted octanol–water partition coefficient (Wildman–Crippen LogP) is -0.0214. The maximum absolute atomic E-state index is 12.6. The molecular weight excluding hydrogens is 336 g/mol. The van der Waals surface area contributed by atoms with E-state index in [1.54, 1.807) is 36.2 Å². The van der Waals surface area contributed by atoms with Crippen LogP contribution in [0.5, 0.6) is 0 Å². The van der Waals surface area contributed by atoms with Gasteiger partial charge in [-0.25, -0.2) is 15.0 Å². The van der Waals surface area contributed by atoms with Crippen molar-refractivity contribution in [1.29, 1.82) is 0 Å². The van der Waals surface area contributed by atoms with E-state index in [4.69, 9.17) is 5.73 Å². The van der Waals surface area contributed by atoms with Gasteiger partial charge in [-0.15, -0.1) is 0 Å². The fourth-order valence-corrected chi connectivity index (χ4v) is 3.66. The van der Waals surface area contributed by atoms with Crippen molar-refractivity contribution in [2.45, 2.75) is 31.0 Å². The van der Waals surface area contributed by atoms with Crippen molar-refractivity contribution in [2.75, 3.05) is 12.8 Å². The molecule has 1 saturated carbocycles. The summed E-state index contributed by atoms with van der Waals surface area (Å²) in [5.41, 5.74) is 7.44. The van der Waals surface area contributed by atoms with Gasteiger partial charge < -0.3 is 20.3 Å². The second kappa shape index (κ2) is 6.06. The van der Waals surface area contributed by atoms with Crippen molar-refractivity contribution >= 4 is 22.9 Å². The van der Waals surface area contributed by atoms with E-state index in [-0.39, 0.29) is 18.0 Å². The number of nitrogens with two attached hydrogens (primary N) is 1. The summed E-state index contributed by atoms with van der Waals surface area (Å²) in [6, 6.07) is -0.534. The van der Waals surface area contributed by atoms with E-state index in [0.29, 0.717) is 35.4 Å². The molecule has 136 valence electrons. The largest absolute Gasteiger partial charge is 0.389 e. The van der Waals surface area contributed by atoms with Crippen LogP contribution in [0.15, 0.2) is 25.0 Å². The highest BCUT2D eigenvalue weighted by atomic mass is 16.3. The maximum atomic E-state index is 12.6. The van der Waals surface area contributed by atoms with Crippen LogP contribution in [0.1, 0.15) is 29.2 Å². The van der Waals surface area contributed by atoms with Crippen molar-refractivity contribution in [1.82, 2.24) is 34.2 Å². The van der Waals surface area contributed by atoms with Crippen LogP contribution < -0.4 is 5.73 Å². The minimum absolute atomic E-state index is 0.162. The third-order valence-electron chi connectivity index (χ3n) is 5.06. The summed E-state index contributed by atoms with van der Waals surface area (Å²) in [7, 11) is 3.46. The zero-order valence-electron chi connectivity index (χ0n) is 14.5. The molecule has 0 spiro atoms. The molecule has 3 heterocycles. The van der Waals surface area contributed by atoms with Crippen LogP contribution in [0.2, 0.25) is 0 Å². The average Bonchev–Trinajstić information content (AvgIpc) is 3.32. The van der Waals surface area contributed by atoms with Crippen LogP contribution in [0, 0.1) is 0 Å². The van der Waals surface area contributed by atoms with E-state index in [2.05, 4.69) is 20.1 Å². The number of nitrogens with zero attached hydrogens (tertiary/aromatic N) is 7. The smallest absolute Gasteiger partial charge is 0.257 e. The van der Waals surface area contributed by atoms with Gasteiger partial charge in [0.05, 0.1) is 36.3 Å². The fourth-order valence-electron chi connectivity index (χ4n) is 3.66. The molecule has 0 radical (unpaired) electrons. The first-order valence-electron chi connectivity index (χ1n) is 8.34. The number of fused-ring (bicyclic) bond motifs is 1. The topological polar surface area (TPSA) is 128 Å². The maximum Gasteiger partial charge on any atom is 0.257 e. The number of hydrogen-bond donors (Lipinski definition) is 2. The first-order valence-corrected chi connectivity index (χ1v) is 8.34. The second-order valence-corrected chi connectivity index (χ2v) is 6.60. The summed E-state index contributed by atoms with van der Waals surface area (Å²) in [6.07, 6.45) is 6.83. The van der Waals surface area contributed by atoms with Crippen LogP contribution in [-0.2, 0) is 7.05 Å². The van der Waals surface area contributed by atoms with Gasteiger partial charge in [0.15, 0.2) is 11.5 Å². The minimum atomic E-state index is -0.741. The number of imidazole rings is 1. The van der Waals surface area contributed by atoms with E-state index >= 15 is 0 Å². The number of carbonyl (C=O) groups excluding carboxylic acids is 1. The van der Waals surface area contributed by atoms with Gasteiger partial charge in [-0.3, -0.25) is 9.48 Å². The molecule has 3 aromatic heterocycles. The Kier molecular flexibility index (Phi) is 3.83. The molecule has 3 N–H and O–H groups in total. The molecule has 1 aliphatic rings. The van der Waals surface area contributed by atoms with Gasteiger partial charge in [-0.1, -0.05) is 0 Å². The molecule has 1 fully saturated rings. The quantitative estimate of drug-likeness (QED) is 0.675. The molecule has 0 aliphatic heterocycles. The number of aliphatic hydroxyl groups is 1. The molecule has 3 aromatic rings. The number of anilines is 1. The lowest BCUT2D eigenvalue weighted by atomic mass is 10.1. The number of nitrogen functional groups attached to an aromatic ring is 1. The van der Waals surface area contributed by atoms with E-state index in [0.717, 1.165) is 0 Å². The molecule has 0 bridgehead atoms. The highest BCUT2D eigenvalue weighted by Gasteiger charge is 2.40. The molecule has 0 aromatic carbocycles. The number of hydrogen-bond acceptors (Lipinski definition) is 7. The highest BCUT2D eigenvalue weighted by molar-refractivity contribution is 5.93. The number of rotatable bonds is 3. The first kappa shape index (κ1) is 16.5. The number of aromatic nitrogens is 6. The number of amides is 1. The van der Waals surface area contributed by atoms with Crippen molar-refractivity contribution in [3.05, 3.63) is 30.6 Å². The van der Waals surface area contributed by atoms with Crippen LogP contribution in [-0.4, -0.2) is 64.4 Å². The summed E-state index contributed by atoms with van der Waals surface area (Å²) in [6.45, 7) is 0. The molecule has 3 atom stereocenters. The molecule has 10 nitrogen and oxygen atoms in total. The Hall–Kier alpha value is -3.01. The number of aliphatic hydroxyl groups excluding tert-OH is 1. The molecular formula is C16H20N8O2. The standard InChI is InChI=1S/C16H20N8O2/c1-22-6-9(5-21-22)16(26)23(2)10-3-4-11(13(10)25)24-8-20-12-14(17)18-7-19-15(12)24/h5-8,10-11,13,25H,3-4H2,1-2H3,(H2,17,18,19)/t10-,11+,13+/m1/s1. The summed E-state index contributed by atoms with van der Waals surface area (Å²) in [5, 5.41) is 14.9. The lowest BCUT2D eigenvalue weighted by Gasteiger charge is -2.28. The Morgan fingerprint density at radius 3 is 2.88 bits per heavy atom. The highest BCUT2D eigenvalue weighted by Crippen LogP contribution is 2.35. The Morgan fingerprint density at radius 1 is 1.35 bits per heavy atom. The minimum Gasteiger partial charge on any atom is -0.389 e. The van der Waals surface area contributed by atoms with Crippen molar-refractivity contribution in [2.24, 2.45) is 7.05 Å². The fraction of sp³-hybridized carbons (Fsp3) is 0.438. The van der Waals surface area contributed by atoms with E-state index in [1.807, 2.05) is 4.57 Å². The Balaban J connectivity index is 1.58. The van der Waals surface area contributed by atoms with Crippen LogP contribution in [0.3, 0.4) is 0 Å². The van der Waals surface area contributed by atoms with Gasteiger partial charge in [0, 0.05) is 20.3 Å². The second-order valence-electron chi connectivity index (χ2n) is 6.60. The molecule has 0 unspecified atom stereocenters. The van der Waals surface area contributed by atoms with E-state index < -0.39 is 6.10 Å². The Morgan fingerprint density at radius 2 is 2.15 bits per heavy atom. The summed E-state index contributed by atoms with van der Waals surface area (Å²) >= 11 is 0. The van der Waals surface area contributed by atoms with E-state index in [1.165, 1.54) is 12.5 Å². The molecule has 1 amide bonds. The lowest BCUT2D eigenvalue weighted by Crippen LogP contribution is -2.43. The number of carbonyl (C=O) groups is 1. The van der Waals surface area contributed by atoms with Gasteiger partial charge in [-0.05, 0) is 12.8 Å². The zero-order valence-corrected chi connectivity index (χ0v) is 14.5. The van der Waals surface area contributed by atoms with Crippen LogP contribution in [0.25, 0.3) is 11.2 Å². The van der Waals surface area contributed by atoms with Crippen LogP contribution in [0.4, 0.5) is 5.82 Å². The number of aryl methyl sites for hydroxylation is 1. The van der Waals surface area contributed by atoms with Crippen LogP contribution >= 0.6 is 0 Å². The monoisotopic (exact) mass is 356 g/mol. The average molecular weight is 356 g/mol. The Bertz CT molecular complexity index is 964. The SMILES string of the molecule is CN(C(=O)c1cnn(C)c1)[C@@H]1CC[C@H](n2cnc3c(N)ncnc32)[C@H]1O. The predicted molar refractivity (Wildman–Crippen MR) is 93.1 cm³/mol. The van der Waals surface area contributed by atoms with Gasteiger partial charge in [-0.2, -0.15) is 5.10 Å². The van der Waals surface area contributed by atoms with Crippen molar-refractivity contribution < 1.29 is 9.90 Å². The van der Waals surface area contributed by atoms with E-state index in [9.17, 15) is 9.90 Å². The van der Waals surface area contributed by atoms with Crippen molar-refractivity contribution in [3.8, 4) is 0 Å². The summed E-state index contributed by atoms with van der Waals surface area (Å²) in [4.78, 5) is 26.7. The molecule has 26 heavy (non-hydrogen) atoms. The third-order valence-corrected chi connectivity index (χ3v) is 5.06. The molecule has 1 aliphatic carbocycles. The van der Waals surface area contributed by atoms with Crippen molar-refractivity contribution in [3.63, 3.8) is 0 Å². The summed E-state index contributed by atoms with van der Waals surface area (Å²) < 4.78 is 3.40.